The summed E-state index contributed by atoms with van der Waals surface area (Å²) in [7, 11) is -3.73. The zero-order valence-corrected chi connectivity index (χ0v) is 14.0. The molecular formula is C15H25NO5S. The predicted molar refractivity (Wildman–Crippen MR) is 84.5 cm³/mol. The van der Waals surface area contributed by atoms with Crippen molar-refractivity contribution in [3.63, 3.8) is 0 Å². The summed E-state index contributed by atoms with van der Waals surface area (Å²) in [6, 6.07) is 4.69. The number of aliphatic hydroxyl groups excluding tert-OH is 2. The van der Waals surface area contributed by atoms with Crippen LogP contribution in [-0.4, -0.2) is 55.8 Å². The predicted octanol–water partition coefficient (Wildman–Crippen LogP) is 1.15. The number of hydrogen-bond donors (Lipinski definition) is 2. The lowest BCUT2D eigenvalue weighted by atomic mass is 10.2. The van der Waals surface area contributed by atoms with E-state index in [2.05, 4.69) is 6.92 Å². The van der Waals surface area contributed by atoms with Gasteiger partial charge in [0, 0.05) is 13.1 Å². The summed E-state index contributed by atoms with van der Waals surface area (Å²) >= 11 is 0. The van der Waals surface area contributed by atoms with Gasteiger partial charge in [0.2, 0.25) is 10.0 Å². The maximum absolute atomic E-state index is 12.5. The highest BCUT2D eigenvalue weighted by molar-refractivity contribution is 7.89. The Balaban J connectivity index is 2.97. The molecule has 0 fully saturated rings. The molecule has 0 unspecified atom stereocenters. The van der Waals surface area contributed by atoms with Crippen molar-refractivity contribution in [1.29, 1.82) is 0 Å². The van der Waals surface area contributed by atoms with Gasteiger partial charge < -0.3 is 14.9 Å². The van der Waals surface area contributed by atoms with E-state index < -0.39 is 10.0 Å². The highest BCUT2D eigenvalue weighted by atomic mass is 32.2. The maximum atomic E-state index is 12.5. The second-order valence-electron chi connectivity index (χ2n) is 4.98. The normalized spacial score (nSPS) is 11.9. The summed E-state index contributed by atoms with van der Waals surface area (Å²) < 4.78 is 31.7. The van der Waals surface area contributed by atoms with E-state index in [1.54, 1.807) is 19.1 Å². The Morgan fingerprint density at radius 3 is 2.32 bits per heavy atom. The van der Waals surface area contributed by atoms with Crippen LogP contribution in [0.4, 0.5) is 0 Å². The molecule has 126 valence electrons. The molecule has 0 aromatic heterocycles. The van der Waals surface area contributed by atoms with Crippen LogP contribution >= 0.6 is 0 Å². The Morgan fingerprint density at radius 2 is 1.82 bits per heavy atom. The number of rotatable bonds is 10. The molecule has 6 nitrogen and oxygen atoms in total. The highest BCUT2D eigenvalue weighted by Gasteiger charge is 2.24. The fourth-order valence-electron chi connectivity index (χ4n) is 2.00. The molecule has 0 radical (unpaired) electrons. The van der Waals surface area contributed by atoms with Crippen LogP contribution in [0.3, 0.4) is 0 Å². The first-order valence-electron chi connectivity index (χ1n) is 7.42. The molecule has 0 spiro atoms. The van der Waals surface area contributed by atoms with Crippen LogP contribution in [0.25, 0.3) is 0 Å². The van der Waals surface area contributed by atoms with Gasteiger partial charge in [-0.2, -0.15) is 4.31 Å². The summed E-state index contributed by atoms with van der Waals surface area (Å²) in [5, 5.41) is 18.0. The molecule has 1 aromatic carbocycles. The average Bonchev–Trinajstić information content (AvgIpc) is 2.48. The molecule has 2 N–H and O–H groups in total. The third-order valence-corrected chi connectivity index (χ3v) is 5.13. The number of ether oxygens (including phenoxy) is 1. The van der Waals surface area contributed by atoms with Crippen LogP contribution in [0.5, 0.6) is 5.75 Å². The number of benzene rings is 1. The molecule has 0 heterocycles. The maximum Gasteiger partial charge on any atom is 0.243 e. The largest absolute Gasteiger partial charge is 0.493 e. The van der Waals surface area contributed by atoms with E-state index in [-0.39, 0.29) is 31.2 Å². The Labute approximate surface area is 132 Å². The first-order chi connectivity index (χ1) is 10.5. The number of aliphatic hydroxyl groups is 2. The number of unbranched alkanes of at least 4 members (excludes halogenated alkanes) is 1. The Bertz CT molecular complexity index is 553. The molecular weight excluding hydrogens is 306 g/mol. The van der Waals surface area contributed by atoms with E-state index in [9.17, 15) is 8.42 Å². The minimum atomic E-state index is -3.73. The van der Waals surface area contributed by atoms with E-state index >= 15 is 0 Å². The van der Waals surface area contributed by atoms with Gasteiger partial charge in [-0.3, -0.25) is 0 Å². The molecule has 22 heavy (non-hydrogen) atoms. The standard InChI is InChI=1S/C15H25NO5S/c1-3-4-11-21-15-6-5-14(12-13(15)2)22(19,20)16(7-9-17)8-10-18/h5-6,12,17-18H,3-4,7-11H2,1-2H3. The van der Waals surface area contributed by atoms with Crippen molar-refractivity contribution in [2.24, 2.45) is 0 Å². The Hall–Kier alpha value is -1.15. The molecule has 0 aliphatic carbocycles. The van der Waals surface area contributed by atoms with Gasteiger partial charge in [0.25, 0.3) is 0 Å². The number of aryl methyl sites for hydroxylation is 1. The van der Waals surface area contributed by atoms with Crippen LogP contribution < -0.4 is 4.74 Å². The van der Waals surface area contributed by atoms with E-state index in [0.717, 1.165) is 22.7 Å². The lowest BCUT2D eigenvalue weighted by Gasteiger charge is -2.21. The number of sulfonamides is 1. The van der Waals surface area contributed by atoms with Crippen molar-refractivity contribution in [2.45, 2.75) is 31.6 Å². The van der Waals surface area contributed by atoms with Gasteiger partial charge in [0.05, 0.1) is 24.7 Å². The second kappa shape index (κ2) is 9.09. The second-order valence-corrected chi connectivity index (χ2v) is 6.92. The van der Waals surface area contributed by atoms with Crippen LogP contribution in [0.15, 0.2) is 23.1 Å². The van der Waals surface area contributed by atoms with Crippen molar-refractivity contribution in [3.8, 4) is 5.75 Å². The minimum absolute atomic E-state index is 0.0449. The van der Waals surface area contributed by atoms with Crippen LogP contribution in [0.1, 0.15) is 25.3 Å². The molecule has 0 aliphatic rings. The summed E-state index contributed by atoms with van der Waals surface area (Å²) in [5.41, 5.74) is 0.741. The van der Waals surface area contributed by atoms with Crippen molar-refractivity contribution < 1.29 is 23.4 Å². The molecule has 0 aliphatic heterocycles. The smallest absolute Gasteiger partial charge is 0.243 e. The van der Waals surface area contributed by atoms with E-state index in [4.69, 9.17) is 14.9 Å². The van der Waals surface area contributed by atoms with Gasteiger partial charge in [-0.1, -0.05) is 13.3 Å². The molecule has 0 bridgehead atoms. The first-order valence-corrected chi connectivity index (χ1v) is 8.86. The first kappa shape index (κ1) is 18.9. The van der Waals surface area contributed by atoms with E-state index in [1.807, 2.05) is 0 Å². The van der Waals surface area contributed by atoms with E-state index in [0.29, 0.717) is 12.4 Å². The molecule has 0 saturated carbocycles. The molecule has 7 heteroatoms. The summed E-state index contributed by atoms with van der Waals surface area (Å²) in [6.45, 7) is 3.79. The molecule has 1 rings (SSSR count). The van der Waals surface area contributed by atoms with E-state index in [1.165, 1.54) is 6.07 Å². The van der Waals surface area contributed by atoms with Gasteiger partial charge in [-0.25, -0.2) is 8.42 Å². The van der Waals surface area contributed by atoms with Crippen molar-refractivity contribution in [3.05, 3.63) is 23.8 Å². The van der Waals surface area contributed by atoms with Gasteiger partial charge in [0.15, 0.2) is 0 Å². The Morgan fingerprint density at radius 1 is 1.18 bits per heavy atom. The van der Waals surface area contributed by atoms with Gasteiger partial charge >= 0.3 is 0 Å². The van der Waals surface area contributed by atoms with Crippen LogP contribution in [-0.2, 0) is 10.0 Å². The zero-order valence-electron chi connectivity index (χ0n) is 13.2. The zero-order chi connectivity index (χ0) is 16.6. The summed E-state index contributed by atoms with van der Waals surface area (Å²) in [5.74, 6) is 0.670. The fourth-order valence-corrected chi connectivity index (χ4v) is 3.50. The quantitative estimate of drug-likeness (QED) is 0.628. The SMILES string of the molecule is CCCCOc1ccc(S(=O)(=O)N(CCO)CCO)cc1C. The van der Waals surface area contributed by atoms with Crippen LogP contribution in [0, 0.1) is 6.92 Å². The van der Waals surface area contributed by atoms with Crippen molar-refractivity contribution >= 4 is 10.0 Å². The van der Waals surface area contributed by atoms with Crippen molar-refractivity contribution in [2.75, 3.05) is 32.9 Å². The lowest BCUT2D eigenvalue weighted by Crippen LogP contribution is -2.35. The fraction of sp³-hybridized carbons (Fsp3) is 0.600. The molecule has 0 atom stereocenters. The van der Waals surface area contributed by atoms with Crippen LogP contribution in [0.2, 0.25) is 0 Å². The topological polar surface area (TPSA) is 87.1 Å². The summed E-state index contributed by atoms with van der Waals surface area (Å²) in [4.78, 5) is 0.134. The molecule has 1 aromatic rings. The number of nitrogens with zero attached hydrogens (tertiary/aromatic N) is 1. The average molecular weight is 331 g/mol. The summed E-state index contributed by atoms with van der Waals surface area (Å²) in [6.07, 6.45) is 1.98. The monoisotopic (exact) mass is 331 g/mol. The van der Waals surface area contributed by atoms with Gasteiger partial charge in [-0.15, -0.1) is 0 Å². The Kier molecular flexibility index (Phi) is 7.81. The van der Waals surface area contributed by atoms with Gasteiger partial charge in [-0.05, 0) is 37.1 Å². The third-order valence-electron chi connectivity index (χ3n) is 3.24. The number of hydrogen-bond acceptors (Lipinski definition) is 5. The minimum Gasteiger partial charge on any atom is -0.493 e. The third kappa shape index (κ3) is 4.95. The molecule has 0 amide bonds. The van der Waals surface area contributed by atoms with Crippen molar-refractivity contribution in [1.82, 2.24) is 4.31 Å². The lowest BCUT2D eigenvalue weighted by molar-refractivity contribution is 0.217. The highest BCUT2D eigenvalue weighted by Crippen LogP contribution is 2.24. The van der Waals surface area contributed by atoms with Gasteiger partial charge in [0.1, 0.15) is 5.75 Å². The molecule has 0 saturated heterocycles.